The van der Waals surface area contributed by atoms with E-state index < -0.39 is 0 Å². The summed E-state index contributed by atoms with van der Waals surface area (Å²) in [6, 6.07) is 3.50. The summed E-state index contributed by atoms with van der Waals surface area (Å²) in [5.74, 6) is 1.25. The number of hydrogen-bond donors (Lipinski definition) is 1. The van der Waals surface area contributed by atoms with Gasteiger partial charge in [-0.3, -0.25) is 0 Å². The van der Waals surface area contributed by atoms with Gasteiger partial charge in [-0.15, -0.1) is 0 Å². The number of halogens is 1. The summed E-state index contributed by atoms with van der Waals surface area (Å²) in [7, 11) is 1.58. The zero-order valence-corrected chi connectivity index (χ0v) is 11.0. The smallest absolute Gasteiger partial charge is 0.166 e. The number of hydrogen-bond acceptors (Lipinski definition) is 3. The lowest BCUT2D eigenvalue weighted by atomic mass is 10.2. The van der Waals surface area contributed by atoms with Crippen molar-refractivity contribution in [2.24, 2.45) is 5.73 Å². The zero-order chi connectivity index (χ0) is 12.8. The maximum absolute atomic E-state index is 5.96. The second kappa shape index (κ2) is 6.52. The molecule has 0 fully saturated rings. The summed E-state index contributed by atoms with van der Waals surface area (Å²) >= 11 is 5.96. The molecule has 0 aliphatic rings. The molecule has 0 spiro atoms. The van der Waals surface area contributed by atoms with Crippen molar-refractivity contribution < 1.29 is 9.47 Å². The predicted octanol–water partition coefficient (Wildman–Crippen LogP) is 3.15. The summed E-state index contributed by atoms with van der Waals surface area (Å²) in [6.07, 6.45) is 0.883. The summed E-state index contributed by atoms with van der Waals surface area (Å²) in [5, 5.41) is 0.587. The van der Waals surface area contributed by atoms with Gasteiger partial charge in [-0.1, -0.05) is 25.1 Å². The molecule has 0 aliphatic heterocycles. The van der Waals surface area contributed by atoms with Gasteiger partial charge in [-0.2, -0.15) is 0 Å². The highest BCUT2D eigenvalue weighted by Gasteiger charge is 2.12. The Bertz CT molecular complexity index is 379. The Morgan fingerprint density at radius 3 is 2.71 bits per heavy atom. The van der Waals surface area contributed by atoms with Crippen LogP contribution in [-0.4, -0.2) is 13.7 Å². The van der Waals surface area contributed by atoms with E-state index in [1.54, 1.807) is 19.2 Å². The van der Waals surface area contributed by atoms with Gasteiger partial charge in [0.2, 0.25) is 0 Å². The van der Waals surface area contributed by atoms with Gasteiger partial charge in [0.15, 0.2) is 11.5 Å². The minimum absolute atomic E-state index is 0.352. The Kier molecular flexibility index (Phi) is 5.32. The van der Waals surface area contributed by atoms with Crippen molar-refractivity contribution in [3.63, 3.8) is 0 Å². The molecule has 0 atom stereocenters. The van der Waals surface area contributed by atoms with Crippen LogP contribution in [0.2, 0.25) is 5.02 Å². The molecule has 1 aromatic carbocycles. The van der Waals surface area contributed by atoms with Crippen molar-refractivity contribution >= 4 is 11.6 Å². The average molecular weight is 256 g/mol. The van der Waals surface area contributed by atoms with E-state index in [-0.39, 0.29) is 0 Å². The van der Waals surface area contributed by atoms with Crippen LogP contribution in [-0.2, 0) is 6.54 Å². The third-order valence-electron chi connectivity index (χ3n) is 2.46. The minimum atomic E-state index is 0.352. The molecule has 0 radical (unpaired) electrons. The molecule has 0 saturated carbocycles. The zero-order valence-electron chi connectivity index (χ0n) is 10.3. The van der Waals surface area contributed by atoms with E-state index in [9.17, 15) is 0 Å². The Morgan fingerprint density at radius 1 is 1.47 bits per heavy atom. The first-order valence-electron chi connectivity index (χ1n) is 5.48. The van der Waals surface area contributed by atoms with Crippen molar-refractivity contribution in [3.05, 3.63) is 34.9 Å². The van der Waals surface area contributed by atoms with E-state index in [1.165, 1.54) is 0 Å². The van der Waals surface area contributed by atoms with Gasteiger partial charge in [0.1, 0.15) is 6.61 Å². The molecule has 0 aliphatic carbocycles. The summed E-state index contributed by atoms with van der Waals surface area (Å²) < 4.78 is 10.9. The van der Waals surface area contributed by atoms with E-state index in [1.807, 2.05) is 6.92 Å². The molecule has 0 saturated heterocycles. The number of rotatable bonds is 6. The number of ether oxygens (including phenoxy) is 2. The molecule has 0 aromatic heterocycles. The van der Waals surface area contributed by atoms with Crippen LogP contribution >= 0.6 is 11.6 Å². The van der Waals surface area contributed by atoms with E-state index in [4.69, 9.17) is 26.8 Å². The lowest BCUT2D eigenvalue weighted by Gasteiger charge is -2.15. The van der Waals surface area contributed by atoms with Crippen molar-refractivity contribution in [2.75, 3.05) is 13.7 Å². The lowest BCUT2D eigenvalue weighted by molar-refractivity contribution is 0.314. The molecule has 0 heterocycles. The molecule has 0 bridgehead atoms. The highest BCUT2D eigenvalue weighted by molar-refractivity contribution is 6.30. The van der Waals surface area contributed by atoms with Crippen molar-refractivity contribution in [3.8, 4) is 11.5 Å². The van der Waals surface area contributed by atoms with Crippen molar-refractivity contribution in [2.45, 2.75) is 19.9 Å². The molecule has 1 rings (SSSR count). The average Bonchev–Trinajstić information content (AvgIpc) is 2.35. The van der Waals surface area contributed by atoms with Crippen LogP contribution in [0.5, 0.6) is 11.5 Å². The third kappa shape index (κ3) is 3.65. The molecule has 94 valence electrons. The van der Waals surface area contributed by atoms with Crippen molar-refractivity contribution in [1.29, 1.82) is 0 Å². The Morgan fingerprint density at radius 2 is 2.18 bits per heavy atom. The fourth-order valence-corrected chi connectivity index (χ4v) is 1.60. The summed E-state index contributed by atoms with van der Waals surface area (Å²) in [4.78, 5) is 0. The Balaban J connectivity index is 2.98. The third-order valence-corrected chi connectivity index (χ3v) is 2.68. The minimum Gasteiger partial charge on any atom is -0.493 e. The maximum Gasteiger partial charge on any atom is 0.166 e. The summed E-state index contributed by atoms with van der Waals surface area (Å²) in [5.41, 5.74) is 7.52. The van der Waals surface area contributed by atoms with Gasteiger partial charge < -0.3 is 15.2 Å². The first kappa shape index (κ1) is 13.9. The molecule has 0 amide bonds. The van der Waals surface area contributed by atoms with Gasteiger partial charge in [0, 0.05) is 23.2 Å². The van der Waals surface area contributed by atoms with E-state index in [0.717, 1.165) is 17.6 Å². The molecule has 0 unspecified atom stereocenters. The predicted molar refractivity (Wildman–Crippen MR) is 70.8 cm³/mol. The van der Waals surface area contributed by atoms with Gasteiger partial charge >= 0.3 is 0 Å². The quantitative estimate of drug-likeness (QED) is 0.795. The van der Waals surface area contributed by atoms with Crippen LogP contribution in [0.4, 0.5) is 0 Å². The Hall–Kier alpha value is -1.19. The van der Waals surface area contributed by atoms with E-state index >= 15 is 0 Å². The Labute approximate surface area is 107 Å². The van der Waals surface area contributed by atoms with Crippen LogP contribution in [0.3, 0.4) is 0 Å². The molecular weight excluding hydrogens is 238 g/mol. The topological polar surface area (TPSA) is 44.5 Å². The summed E-state index contributed by atoms with van der Waals surface area (Å²) in [6.45, 7) is 6.74. The number of benzene rings is 1. The van der Waals surface area contributed by atoms with E-state index in [2.05, 4.69) is 6.58 Å². The first-order chi connectivity index (χ1) is 8.12. The van der Waals surface area contributed by atoms with Gasteiger partial charge in [0.05, 0.1) is 7.11 Å². The van der Waals surface area contributed by atoms with Gasteiger partial charge in [0.25, 0.3) is 0 Å². The second-order valence-electron chi connectivity index (χ2n) is 3.69. The lowest BCUT2D eigenvalue weighted by Crippen LogP contribution is -2.06. The van der Waals surface area contributed by atoms with Crippen LogP contribution in [0.15, 0.2) is 24.3 Å². The maximum atomic E-state index is 5.96. The largest absolute Gasteiger partial charge is 0.493 e. The van der Waals surface area contributed by atoms with Gasteiger partial charge in [-0.05, 0) is 18.1 Å². The molecule has 17 heavy (non-hydrogen) atoms. The fourth-order valence-electron chi connectivity index (χ4n) is 1.37. The molecule has 1 aromatic rings. The van der Waals surface area contributed by atoms with Gasteiger partial charge in [-0.25, -0.2) is 0 Å². The van der Waals surface area contributed by atoms with Crippen LogP contribution in [0, 0.1) is 0 Å². The molecule has 2 N–H and O–H groups in total. The fraction of sp³-hybridized carbons (Fsp3) is 0.385. The van der Waals surface area contributed by atoms with Crippen LogP contribution < -0.4 is 15.2 Å². The normalized spacial score (nSPS) is 10.1. The molecular formula is C13H18ClNO2. The molecule has 3 nitrogen and oxygen atoms in total. The standard InChI is InChI=1S/C13H18ClNO2/c1-4-9(2)8-17-13-10(7-15)5-11(14)6-12(13)16-3/h5-6H,2,4,7-8,15H2,1,3H3. The highest BCUT2D eigenvalue weighted by Crippen LogP contribution is 2.34. The molecule has 4 heteroatoms. The number of methoxy groups -OCH3 is 1. The second-order valence-corrected chi connectivity index (χ2v) is 4.13. The van der Waals surface area contributed by atoms with Crippen LogP contribution in [0.25, 0.3) is 0 Å². The number of nitrogens with two attached hydrogens (primary N) is 1. The monoisotopic (exact) mass is 255 g/mol. The van der Waals surface area contributed by atoms with Crippen molar-refractivity contribution in [1.82, 2.24) is 0 Å². The van der Waals surface area contributed by atoms with E-state index in [0.29, 0.717) is 29.7 Å². The highest BCUT2D eigenvalue weighted by atomic mass is 35.5. The first-order valence-corrected chi connectivity index (χ1v) is 5.86. The SMILES string of the molecule is C=C(CC)COc1c(CN)cc(Cl)cc1OC. The van der Waals surface area contributed by atoms with Crippen LogP contribution in [0.1, 0.15) is 18.9 Å².